The Morgan fingerprint density at radius 2 is 1.76 bits per heavy atom. The molecule has 2 atom stereocenters. The monoisotopic (exact) mass is 234 g/mol. The van der Waals surface area contributed by atoms with Crippen LogP contribution in [0.4, 0.5) is 0 Å². The first-order valence-corrected chi connectivity index (χ1v) is 6.21. The smallest absolute Gasteiger partial charge is 0.234 e. The standard InChI is InChI=1S/C13H18N2O2/c1-4-8-5-9-10(6-8)12(17)15(11(9)16)13(2,3)7-14/h8-10H,4-6H2,1-3H3. The maximum absolute atomic E-state index is 12.2. The quantitative estimate of drug-likeness (QED) is 0.683. The van der Waals surface area contributed by atoms with Crippen LogP contribution >= 0.6 is 0 Å². The van der Waals surface area contributed by atoms with Gasteiger partial charge in [0.1, 0.15) is 5.54 Å². The van der Waals surface area contributed by atoms with Crippen molar-refractivity contribution in [2.75, 3.05) is 0 Å². The van der Waals surface area contributed by atoms with Gasteiger partial charge in [-0.25, -0.2) is 0 Å². The molecule has 1 heterocycles. The molecule has 1 aliphatic carbocycles. The molecule has 0 aromatic heterocycles. The third-order valence-corrected chi connectivity index (χ3v) is 4.15. The third-order valence-electron chi connectivity index (χ3n) is 4.15. The SMILES string of the molecule is CCC1CC2C(=O)N(C(C)(C)C#N)C(=O)C2C1. The van der Waals surface area contributed by atoms with Crippen LogP contribution in [0.3, 0.4) is 0 Å². The minimum Gasteiger partial charge on any atom is -0.274 e. The second-order valence-electron chi connectivity index (χ2n) is 5.64. The normalized spacial score (nSPS) is 32.8. The molecular formula is C13H18N2O2. The Bertz CT molecular complexity index is 384. The van der Waals surface area contributed by atoms with Gasteiger partial charge in [-0.2, -0.15) is 5.26 Å². The summed E-state index contributed by atoms with van der Waals surface area (Å²) in [6.07, 6.45) is 2.64. The predicted molar refractivity (Wildman–Crippen MR) is 61.5 cm³/mol. The molecule has 2 rings (SSSR count). The van der Waals surface area contributed by atoms with Gasteiger partial charge in [-0.1, -0.05) is 13.3 Å². The van der Waals surface area contributed by atoms with E-state index in [1.165, 1.54) is 4.90 Å². The summed E-state index contributed by atoms with van der Waals surface area (Å²) in [7, 11) is 0. The van der Waals surface area contributed by atoms with Crippen molar-refractivity contribution in [1.82, 2.24) is 4.90 Å². The summed E-state index contributed by atoms with van der Waals surface area (Å²) in [5, 5.41) is 9.06. The van der Waals surface area contributed by atoms with E-state index in [-0.39, 0.29) is 23.7 Å². The zero-order valence-corrected chi connectivity index (χ0v) is 10.6. The lowest BCUT2D eigenvalue weighted by atomic mass is 10.00. The number of hydrogen-bond donors (Lipinski definition) is 0. The minimum atomic E-state index is -1.01. The summed E-state index contributed by atoms with van der Waals surface area (Å²) in [6, 6.07) is 2.04. The van der Waals surface area contributed by atoms with Crippen LogP contribution in [-0.2, 0) is 9.59 Å². The van der Waals surface area contributed by atoms with Crippen LogP contribution in [0.25, 0.3) is 0 Å². The molecule has 1 saturated carbocycles. The number of nitriles is 1. The van der Waals surface area contributed by atoms with E-state index >= 15 is 0 Å². The maximum Gasteiger partial charge on any atom is 0.234 e. The maximum atomic E-state index is 12.2. The molecule has 0 bridgehead atoms. The van der Waals surface area contributed by atoms with Crippen molar-refractivity contribution in [3.05, 3.63) is 0 Å². The number of imide groups is 1. The number of amides is 2. The van der Waals surface area contributed by atoms with Gasteiger partial charge in [-0.15, -0.1) is 0 Å². The van der Waals surface area contributed by atoms with Gasteiger partial charge < -0.3 is 0 Å². The van der Waals surface area contributed by atoms with Gasteiger partial charge in [0.2, 0.25) is 11.8 Å². The number of hydrogen-bond acceptors (Lipinski definition) is 3. The summed E-state index contributed by atoms with van der Waals surface area (Å²) < 4.78 is 0. The number of fused-ring (bicyclic) bond motifs is 1. The van der Waals surface area contributed by atoms with Gasteiger partial charge >= 0.3 is 0 Å². The molecule has 0 aromatic rings. The van der Waals surface area contributed by atoms with E-state index in [9.17, 15) is 9.59 Å². The van der Waals surface area contributed by atoms with Crippen LogP contribution < -0.4 is 0 Å². The average Bonchev–Trinajstić information content (AvgIpc) is 2.80. The highest BCUT2D eigenvalue weighted by Crippen LogP contribution is 2.45. The van der Waals surface area contributed by atoms with Gasteiger partial charge in [-0.3, -0.25) is 14.5 Å². The van der Waals surface area contributed by atoms with Crippen LogP contribution in [-0.4, -0.2) is 22.3 Å². The Hall–Kier alpha value is -1.37. The predicted octanol–water partition coefficient (Wildman–Crippen LogP) is 1.71. The lowest BCUT2D eigenvalue weighted by Crippen LogP contribution is -2.47. The topological polar surface area (TPSA) is 61.2 Å². The Kier molecular flexibility index (Phi) is 2.73. The van der Waals surface area contributed by atoms with E-state index in [1.54, 1.807) is 13.8 Å². The summed E-state index contributed by atoms with van der Waals surface area (Å²) >= 11 is 0. The molecule has 0 radical (unpaired) electrons. The van der Waals surface area contributed by atoms with Crippen molar-refractivity contribution in [3.63, 3.8) is 0 Å². The zero-order valence-electron chi connectivity index (χ0n) is 10.6. The molecule has 2 fully saturated rings. The van der Waals surface area contributed by atoms with E-state index in [0.717, 1.165) is 19.3 Å². The Balaban J connectivity index is 2.26. The molecule has 0 aromatic carbocycles. The Morgan fingerprint density at radius 3 is 2.12 bits per heavy atom. The molecule has 1 aliphatic heterocycles. The van der Waals surface area contributed by atoms with Crippen molar-refractivity contribution in [3.8, 4) is 6.07 Å². The molecule has 4 nitrogen and oxygen atoms in total. The van der Waals surface area contributed by atoms with E-state index in [2.05, 4.69) is 6.92 Å². The van der Waals surface area contributed by atoms with Crippen molar-refractivity contribution < 1.29 is 9.59 Å². The summed E-state index contributed by atoms with van der Waals surface area (Å²) in [5.74, 6) is -0.115. The van der Waals surface area contributed by atoms with Crippen molar-refractivity contribution in [2.24, 2.45) is 17.8 Å². The number of rotatable bonds is 2. The second kappa shape index (κ2) is 3.83. The molecule has 2 unspecified atom stereocenters. The molecule has 0 N–H and O–H groups in total. The van der Waals surface area contributed by atoms with Crippen molar-refractivity contribution in [2.45, 2.75) is 45.6 Å². The molecular weight excluding hydrogens is 216 g/mol. The van der Waals surface area contributed by atoms with Crippen molar-refractivity contribution in [1.29, 1.82) is 5.26 Å². The fourth-order valence-corrected chi connectivity index (χ4v) is 3.06. The largest absolute Gasteiger partial charge is 0.274 e. The van der Waals surface area contributed by atoms with Gasteiger partial charge in [0.15, 0.2) is 0 Å². The van der Waals surface area contributed by atoms with E-state index in [1.807, 2.05) is 6.07 Å². The Morgan fingerprint density at radius 1 is 1.29 bits per heavy atom. The first-order chi connectivity index (χ1) is 7.92. The van der Waals surface area contributed by atoms with Crippen LogP contribution in [0.5, 0.6) is 0 Å². The van der Waals surface area contributed by atoms with Crippen molar-refractivity contribution >= 4 is 11.8 Å². The first-order valence-electron chi connectivity index (χ1n) is 6.21. The number of carbonyl (C=O) groups excluding carboxylic acids is 2. The zero-order chi connectivity index (χ0) is 12.8. The van der Waals surface area contributed by atoms with Crippen LogP contribution in [0.1, 0.15) is 40.0 Å². The van der Waals surface area contributed by atoms with E-state index < -0.39 is 5.54 Å². The molecule has 2 amide bonds. The van der Waals surface area contributed by atoms with Crippen LogP contribution in [0, 0.1) is 29.1 Å². The third kappa shape index (κ3) is 1.65. The van der Waals surface area contributed by atoms with Gasteiger partial charge in [0.05, 0.1) is 17.9 Å². The summed E-state index contributed by atoms with van der Waals surface area (Å²) in [5.41, 5.74) is -1.01. The molecule has 92 valence electrons. The van der Waals surface area contributed by atoms with Crippen LogP contribution in [0.15, 0.2) is 0 Å². The highest BCUT2D eigenvalue weighted by atomic mass is 16.2. The fourth-order valence-electron chi connectivity index (χ4n) is 3.06. The minimum absolute atomic E-state index is 0.137. The van der Waals surface area contributed by atoms with Gasteiger partial charge in [0.25, 0.3) is 0 Å². The van der Waals surface area contributed by atoms with E-state index in [4.69, 9.17) is 5.26 Å². The molecule has 17 heavy (non-hydrogen) atoms. The highest BCUT2D eigenvalue weighted by Gasteiger charge is 2.55. The first kappa shape index (κ1) is 12.1. The summed E-state index contributed by atoms with van der Waals surface area (Å²) in [4.78, 5) is 25.6. The van der Waals surface area contributed by atoms with Gasteiger partial charge in [0, 0.05) is 0 Å². The molecule has 4 heteroatoms. The number of nitrogens with zero attached hydrogens (tertiary/aromatic N) is 2. The Labute approximate surface area is 102 Å². The lowest BCUT2D eigenvalue weighted by Gasteiger charge is -2.28. The number of likely N-dealkylation sites (tertiary alicyclic amines) is 1. The van der Waals surface area contributed by atoms with E-state index in [0.29, 0.717) is 5.92 Å². The number of carbonyl (C=O) groups is 2. The lowest BCUT2D eigenvalue weighted by molar-refractivity contribution is -0.144. The molecule has 2 aliphatic rings. The highest BCUT2D eigenvalue weighted by molar-refractivity contribution is 6.06. The second-order valence-corrected chi connectivity index (χ2v) is 5.64. The fraction of sp³-hybridized carbons (Fsp3) is 0.769. The summed E-state index contributed by atoms with van der Waals surface area (Å²) in [6.45, 7) is 5.35. The molecule has 0 spiro atoms. The average molecular weight is 234 g/mol. The van der Waals surface area contributed by atoms with Crippen LogP contribution in [0.2, 0.25) is 0 Å². The molecule has 1 saturated heterocycles. The van der Waals surface area contributed by atoms with Gasteiger partial charge in [-0.05, 0) is 32.6 Å².